The van der Waals surface area contributed by atoms with Crippen molar-refractivity contribution < 1.29 is 4.74 Å². The van der Waals surface area contributed by atoms with Gasteiger partial charge >= 0.3 is 0 Å². The molecular weight excluding hydrogens is 198 g/mol. The van der Waals surface area contributed by atoms with Crippen LogP contribution in [0.25, 0.3) is 0 Å². The molecule has 0 radical (unpaired) electrons. The highest BCUT2D eigenvalue weighted by atomic mass is 16.5. The Labute approximate surface area is 98.8 Å². The van der Waals surface area contributed by atoms with Crippen molar-refractivity contribution in [2.45, 2.75) is 46.3 Å². The van der Waals surface area contributed by atoms with Gasteiger partial charge in [0, 0.05) is 11.6 Å². The first-order valence-corrected chi connectivity index (χ1v) is 6.02. The maximum absolute atomic E-state index is 6.19. The molecule has 2 heteroatoms. The smallest absolute Gasteiger partial charge is 0.124 e. The lowest BCUT2D eigenvalue weighted by molar-refractivity contribution is 0.238. The normalized spacial score (nSPS) is 13.2. The highest BCUT2D eigenvalue weighted by molar-refractivity contribution is 5.35. The van der Waals surface area contributed by atoms with E-state index in [1.807, 2.05) is 32.0 Å². The van der Waals surface area contributed by atoms with Crippen LogP contribution in [-0.2, 0) is 0 Å². The van der Waals surface area contributed by atoms with E-state index in [9.17, 15) is 0 Å². The molecule has 0 aromatic heterocycles. The minimum absolute atomic E-state index is 0.0648. The zero-order valence-electron chi connectivity index (χ0n) is 10.7. The average Bonchev–Trinajstić information content (AvgIpc) is 2.16. The van der Waals surface area contributed by atoms with Crippen molar-refractivity contribution in [3.63, 3.8) is 0 Å². The molecule has 1 rings (SSSR count). The van der Waals surface area contributed by atoms with Crippen LogP contribution in [0.1, 0.15) is 45.7 Å². The van der Waals surface area contributed by atoms with Crippen molar-refractivity contribution in [3.8, 4) is 5.75 Å². The maximum Gasteiger partial charge on any atom is 0.124 e. The van der Waals surface area contributed by atoms with Crippen molar-refractivity contribution in [2.24, 2.45) is 11.7 Å². The lowest BCUT2D eigenvalue weighted by Gasteiger charge is -2.19. The number of hydrogen-bond donors (Lipinski definition) is 1. The van der Waals surface area contributed by atoms with Crippen molar-refractivity contribution >= 4 is 0 Å². The van der Waals surface area contributed by atoms with E-state index in [4.69, 9.17) is 10.5 Å². The number of para-hydroxylation sites is 1. The van der Waals surface area contributed by atoms with Gasteiger partial charge < -0.3 is 10.5 Å². The molecule has 0 aliphatic heterocycles. The molecule has 16 heavy (non-hydrogen) atoms. The second-order valence-electron chi connectivity index (χ2n) is 4.94. The van der Waals surface area contributed by atoms with Crippen molar-refractivity contribution in [1.82, 2.24) is 0 Å². The number of rotatable bonds is 5. The molecule has 1 aromatic rings. The third kappa shape index (κ3) is 3.86. The van der Waals surface area contributed by atoms with Gasteiger partial charge in [-0.05, 0) is 32.3 Å². The zero-order valence-corrected chi connectivity index (χ0v) is 10.7. The van der Waals surface area contributed by atoms with Gasteiger partial charge in [0.25, 0.3) is 0 Å². The summed E-state index contributed by atoms with van der Waals surface area (Å²) >= 11 is 0. The van der Waals surface area contributed by atoms with Crippen LogP contribution in [0.2, 0.25) is 0 Å². The molecule has 1 atom stereocenters. The van der Waals surface area contributed by atoms with Crippen LogP contribution in [0.15, 0.2) is 24.3 Å². The molecule has 2 nitrogen and oxygen atoms in total. The Bertz CT molecular complexity index is 320. The Morgan fingerprint density at radius 2 is 1.75 bits per heavy atom. The molecule has 0 saturated carbocycles. The highest BCUT2D eigenvalue weighted by Crippen LogP contribution is 2.28. The summed E-state index contributed by atoms with van der Waals surface area (Å²) < 4.78 is 5.77. The highest BCUT2D eigenvalue weighted by Gasteiger charge is 2.13. The SMILES string of the molecule is CC(C)C[C@H](N)c1ccccc1OC(C)C. The van der Waals surface area contributed by atoms with E-state index < -0.39 is 0 Å². The molecule has 0 saturated heterocycles. The van der Waals surface area contributed by atoms with Crippen molar-refractivity contribution in [2.75, 3.05) is 0 Å². The van der Waals surface area contributed by atoms with E-state index in [2.05, 4.69) is 19.9 Å². The molecule has 0 unspecified atom stereocenters. The van der Waals surface area contributed by atoms with Gasteiger partial charge in [-0.25, -0.2) is 0 Å². The fraction of sp³-hybridized carbons (Fsp3) is 0.571. The van der Waals surface area contributed by atoms with E-state index in [-0.39, 0.29) is 12.1 Å². The summed E-state index contributed by atoms with van der Waals surface area (Å²) in [6.45, 7) is 8.44. The second kappa shape index (κ2) is 5.90. The largest absolute Gasteiger partial charge is 0.491 e. The van der Waals surface area contributed by atoms with Crippen LogP contribution in [0.4, 0.5) is 0 Å². The Kier molecular flexibility index (Phi) is 4.81. The fourth-order valence-electron chi connectivity index (χ4n) is 1.78. The van der Waals surface area contributed by atoms with Crippen LogP contribution in [-0.4, -0.2) is 6.10 Å². The lowest BCUT2D eigenvalue weighted by Crippen LogP contribution is -2.16. The second-order valence-corrected chi connectivity index (χ2v) is 4.94. The zero-order chi connectivity index (χ0) is 12.1. The summed E-state index contributed by atoms with van der Waals surface area (Å²) in [7, 11) is 0. The first kappa shape index (κ1) is 13.0. The van der Waals surface area contributed by atoms with E-state index in [0.29, 0.717) is 5.92 Å². The summed E-state index contributed by atoms with van der Waals surface area (Å²) in [6, 6.07) is 8.13. The number of benzene rings is 1. The summed E-state index contributed by atoms with van der Waals surface area (Å²) in [6.07, 6.45) is 1.17. The molecule has 0 spiro atoms. The monoisotopic (exact) mass is 221 g/mol. The Hall–Kier alpha value is -1.02. The van der Waals surface area contributed by atoms with E-state index in [1.54, 1.807) is 0 Å². The maximum atomic E-state index is 6.19. The van der Waals surface area contributed by atoms with Gasteiger partial charge in [-0.3, -0.25) is 0 Å². The van der Waals surface area contributed by atoms with Gasteiger partial charge in [-0.1, -0.05) is 32.0 Å². The van der Waals surface area contributed by atoms with Gasteiger partial charge in [0.15, 0.2) is 0 Å². The minimum Gasteiger partial charge on any atom is -0.491 e. The van der Waals surface area contributed by atoms with Crippen molar-refractivity contribution in [3.05, 3.63) is 29.8 Å². The topological polar surface area (TPSA) is 35.2 Å². The molecule has 90 valence electrons. The molecule has 2 N–H and O–H groups in total. The summed E-state index contributed by atoms with van der Waals surface area (Å²) in [4.78, 5) is 0. The fourth-order valence-corrected chi connectivity index (χ4v) is 1.78. The molecule has 0 bridgehead atoms. The van der Waals surface area contributed by atoms with Gasteiger partial charge in [-0.15, -0.1) is 0 Å². The molecule has 1 aromatic carbocycles. The number of nitrogens with two attached hydrogens (primary N) is 1. The van der Waals surface area contributed by atoms with Gasteiger partial charge in [-0.2, -0.15) is 0 Å². The first-order chi connectivity index (χ1) is 7.50. The predicted molar refractivity (Wildman–Crippen MR) is 68.6 cm³/mol. The Balaban J connectivity index is 2.85. The molecule has 0 aliphatic rings. The molecule has 0 fully saturated rings. The summed E-state index contributed by atoms with van der Waals surface area (Å²) in [5.74, 6) is 1.52. The van der Waals surface area contributed by atoms with Crippen molar-refractivity contribution in [1.29, 1.82) is 0 Å². The van der Waals surface area contributed by atoms with Gasteiger partial charge in [0.1, 0.15) is 5.75 Å². The van der Waals surface area contributed by atoms with Crippen LogP contribution in [0.5, 0.6) is 5.75 Å². The van der Waals surface area contributed by atoms with Crippen LogP contribution >= 0.6 is 0 Å². The van der Waals surface area contributed by atoms with Crippen LogP contribution in [0, 0.1) is 5.92 Å². The third-order valence-corrected chi connectivity index (χ3v) is 2.41. The minimum atomic E-state index is 0.0648. The number of ether oxygens (including phenoxy) is 1. The molecule has 0 aliphatic carbocycles. The standard InChI is InChI=1S/C14H23NO/c1-10(2)9-13(15)12-7-5-6-8-14(12)16-11(3)4/h5-8,10-11,13H,9,15H2,1-4H3/t13-/m0/s1. The lowest BCUT2D eigenvalue weighted by atomic mass is 9.97. The summed E-state index contributed by atoms with van der Waals surface area (Å²) in [5, 5.41) is 0. The number of hydrogen-bond acceptors (Lipinski definition) is 2. The Morgan fingerprint density at radius 3 is 2.31 bits per heavy atom. The molecule has 0 heterocycles. The van der Waals surface area contributed by atoms with Gasteiger partial charge in [0.05, 0.1) is 6.10 Å². The third-order valence-electron chi connectivity index (χ3n) is 2.41. The molecular formula is C14H23NO. The average molecular weight is 221 g/mol. The van der Waals surface area contributed by atoms with Crippen LogP contribution in [0.3, 0.4) is 0 Å². The first-order valence-electron chi connectivity index (χ1n) is 6.02. The molecule has 0 amide bonds. The summed E-state index contributed by atoms with van der Waals surface area (Å²) in [5.41, 5.74) is 7.31. The Morgan fingerprint density at radius 1 is 1.12 bits per heavy atom. The predicted octanol–water partition coefficient (Wildman–Crippen LogP) is 3.52. The van der Waals surface area contributed by atoms with E-state index >= 15 is 0 Å². The quantitative estimate of drug-likeness (QED) is 0.825. The van der Waals surface area contributed by atoms with Gasteiger partial charge in [0.2, 0.25) is 0 Å². The van der Waals surface area contributed by atoms with Crippen LogP contribution < -0.4 is 10.5 Å². The van der Waals surface area contributed by atoms with E-state index in [0.717, 1.165) is 17.7 Å². The van der Waals surface area contributed by atoms with E-state index in [1.165, 1.54) is 0 Å².